The van der Waals surface area contributed by atoms with E-state index in [9.17, 15) is 13.8 Å². The lowest BCUT2D eigenvalue weighted by atomic mass is 10.0. The zero-order valence-electron chi connectivity index (χ0n) is 18.0. The number of nitrogens with one attached hydrogen (secondary N) is 1. The van der Waals surface area contributed by atoms with Gasteiger partial charge in [-0.2, -0.15) is 4.36 Å². The van der Waals surface area contributed by atoms with Gasteiger partial charge < -0.3 is 9.73 Å². The van der Waals surface area contributed by atoms with Crippen LogP contribution in [0.5, 0.6) is 0 Å². The van der Waals surface area contributed by atoms with Crippen molar-refractivity contribution in [3.63, 3.8) is 0 Å². The Morgan fingerprint density at radius 1 is 1.00 bits per heavy atom. The number of pyridine rings is 1. The molecule has 2 heterocycles. The average Bonchev–Trinajstić information content (AvgIpc) is 3.26. The number of nitrogens with zero attached hydrogens (tertiary/aromatic N) is 2. The summed E-state index contributed by atoms with van der Waals surface area (Å²) in [5, 5.41) is 2.85. The van der Waals surface area contributed by atoms with Crippen LogP contribution in [0.3, 0.4) is 0 Å². The topological polar surface area (TPSA) is 102 Å². The smallest absolute Gasteiger partial charge is 0.291 e. The fourth-order valence-electron chi connectivity index (χ4n) is 3.27. The van der Waals surface area contributed by atoms with E-state index in [-0.39, 0.29) is 17.2 Å². The number of hydrogen-bond acceptors (Lipinski definition) is 5. The minimum Gasteiger partial charge on any atom is -0.459 e. The molecule has 0 radical (unpaired) electrons. The highest BCUT2D eigenvalue weighted by Crippen LogP contribution is 2.29. The molecule has 2 aromatic heterocycles. The van der Waals surface area contributed by atoms with Gasteiger partial charge >= 0.3 is 0 Å². The van der Waals surface area contributed by atoms with Crippen LogP contribution in [0.15, 0.2) is 99.1 Å². The molecule has 7 nitrogen and oxygen atoms in total. The Morgan fingerprint density at radius 3 is 2.45 bits per heavy atom. The molecule has 0 saturated heterocycles. The van der Waals surface area contributed by atoms with Crippen molar-refractivity contribution in [3.05, 3.63) is 102 Å². The van der Waals surface area contributed by atoms with E-state index in [1.807, 2.05) is 6.07 Å². The second-order valence-electron chi connectivity index (χ2n) is 7.41. The number of furan rings is 1. The van der Waals surface area contributed by atoms with Gasteiger partial charge in [-0.05, 0) is 37.3 Å². The first-order valence-electron chi connectivity index (χ1n) is 10.1. The Balaban J connectivity index is 1.66. The van der Waals surface area contributed by atoms with Crippen LogP contribution in [0.25, 0.3) is 11.1 Å². The number of rotatable bonds is 5. The second-order valence-corrected chi connectivity index (χ2v) is 9.67. The van der Waals surface area contributed by atoms with Gasteiger partial charge in [0.2, 0.25) is 0 Å². The molecule has 2 aromatic carbocycles. The van der Waals surface area contributed by atoms with Gasteiger partial charge in [-0.3, -0.25) is 14.6 Å². The predicted molar refractivity (Wildman–Crippen MR) is 127 cm³/mol. The van der Waals surface area contributed by atoms with E-state index in [1.165, 1.54) is 18.7 Å². The molecule has 0 aliphatic rings. The first-order valence-corrected chi connectivity index (χ1v) is 12.0. The normalized spacial score (nSPS) is 12.5. The van der Waals surface area contributed by atoms with Crippen molar-refractivity contribution in [1.29, 1.82) is 0 Å². The van der Waals surface area contributed by atoms with Gasteiger partial charge in [-0.15, -0.1) is 0 Å². The van der Waals surface area contributed by atoms with Crippen LogP contribution in [-0.2, 0) is 9.73 Å². The van der Waals surface area contributed by atoms with Crippen molar-refractivity contribution in [2.75, 3.05) is 11.6 Å². The third-order valence-corrected chi connectivity index (χ3v) is 6.64. The molecule has 0 bridgehead atoms. The largest absolute Gasteiger partial charge is 0.459 e. The molecule has 0 aliphatic heterocycles. The lowest BCUT2D eigenvalue weighted by molar-refractivity contribution is 0.0991. The van der Waals surface area contributed by atoms with Crippen LogP contribution in [0.2, 0.25) is 0 Å². The number of aromatic nitrogens is 1. The van der Waals surface area contributed by atoms with Gasteiger partial charge in [0.25, 0.3) is 11.8 Å². The molecular weight excluding hydrogens is 438 g/mol. The Morgan fingerprint density at radius 2 is 1.73 bits per heavy atom. The monoisotopic (exact) mass is 459 g/mol. The van der Waals surface area contributed by atoms with E-state index in [2.05, 4.69) is 14.7 Å². The SMILES string of the molecule is Cc1ccoc1C(=O)Nc1ccccc1-c1cncc(C(=O)N=[S@@](C)(=O)c2ccccc2)c1. The van der Waals surface area contributed by atoms with Gasteiger partial charge in [0.15, 0.2) is 5.76 Å². The summed E-state index contributed by atoms with van der Waals surface area (Å²) in [4.78, 5) is 30.1. The van der Waals surface area contributed by atoms with E-state index < -0.39 is 15.6 Å². The Kier molecular flexibility index (Phi) is 6.19. The summed E-state index contributed by atoms with van der Waals surface area (Å²) in [5.41, 5.74) is 2.72. The molecule has 0 saturated carbocycles. The van der Waals surface area contributed by atoms with Gasteiger partial charge in [0.1, 0.15) is 0 Å². The molecule has 1 N–H and O–H groups in total. The maximum Gasteiger partial charge on any atom is 0.291 e. The molecule has 0 aliphatic carbocycles. The minimum absolute atomic E-state index is 0.195. The predicted octanol–water partition coefficient (Wildman–Crippen LogP) is 5.20. The molecule has 8 heteroatoms. The molecule has 0 fully saturated rings. The quantitative estimate of drug-likeness (QED) is 0.442. The fraction of sp³-hybridized carbons (Fsp3) is 0.0800. The Bertz CT molecular complexity index is 1450. The maximum absolute atomic E-state index is 13.0. The van der Waals surface area contributed by atoms with Crippen LogP contribution in [0.1, 0.15) is 26.5 Å². The molecule has 2 amide bonds. The number of hydrogen-bond donors (Lipinski definition) is 1. The van der Waals surface area contributed by atoms with E-state index in [0.29, 0.717) is 21.7 Å². The second kappa shape index (κ2) is 9.22. The highest BCUT2D eigenvalue weighted by molar-refractivity contribution is 7.93. The number of anilines is 1. The summed E-state index contributed by atoms with van der Waals surface area (Å²) in [6.07, 6.45) is 5.85. The van der Waals surface area contributed by atoms with Gasteiger partial charge in [-0.1, -0.05) is 36.4 Å². The highest BCUT2D eigenvalue weighted by atomic mass is 32.2. The Hall–Kier alpha value is -4.04. The zero-order valence-corrected chi connectivity index (χ0v) is 18.8. The van der Waals surface area contributed by atoms with Crippen LogP contribution >= 0.6 is 0 Å². The van der Waals surface area contributed by atoms with Crippen LogP contribution in [-0.4, -0.2) is 27.3 Å². The molecular formula is C25H21N3O4S. The standard InChI is InChI=1S/C25H21N3O4S/c1-17-12-13-32-23(17)25(30)27-22-11-7-6-10-21(22)18-14-19(16-26-15-18)24(29)28-33(2,31)20-8-4-3-5-9-20/h3-16H,1-2H3,(H,27,30)/t33-/m0/s1. The van der Waals surface area contributed by atoms with E-state index in [0.717, 1.165) is 5.56 Å². The molecule has 1 atom stereocenters. The van der Waals surface area contributed by atoms with Crippen molar-refractivity contribution in [2.24, 2.45) is 4.36 Å². The Labute approximate surface area is 191 Å². The molecule has 4 rings (SSSR count). The molecule has 4 aromatic rings. The highest BCUT2D eigenvalue weighted by Gasteiger charge is 2.17. The third-order valence-electron chi connectivity index (χ3n) is 4.98. The number of aryl methyl sites for hydroxylation is 1. The summed E-state index contributed by atoms with van der Waals surface area (Å²) < 4.78 is 22.2. The maximum atomic E-state index is 13.0. The lowest BCUT2D eigenvalue weighted by Crippen LogP contribution is -2.13. The summed E-state index contributed by atoms with van der Waals surface area (Å²) in [6, 6.07) is 19.1. The number of carbonyl (C=O) groups excluding carboxylic acids is 2. The third kappa shape index (κ3) is 4.91. The van der Waals surface area contributed by atoms with Crippen LogP contribution in [0, 0.1) is 6.92 Å². The lowest BCUT2D eigenvalue weighted by Gasteiger charge is -2.11. The summed E-state index contributed by atoms with van der Waals surface area (Å²) in [5.74, 6) is -0.786. The van der Waals surface area contributed by atoms with E-state index in [1.54, 1.807) is 73.8 Å². The number of carbonyl (C=O) groups is 2. The molecule has 166 valence electrons. The fourth-order valence-corrected chi connectivity index (χ4v) is 4.46. The average molecular weight is 460 g/mol. The first-order chi connectivity index (χ1) is 15.8. The zero-order chi connectivity index (χ0) is 23.4. The number of para-hydroxylation sites is 1. The molecule has 0 unspecified atom stereocenters. The van der Waals surface area contributed by atoms with Crippen LogP contribution < -0.4 is 5.32 Å². The van der Waals surface area contributed by atoms with Gasteiger partial charge in [0, 0.05) is 45.9 Å². The summed E-state index contributed by atoms with van der Waals surface area (Å²) in [7, 11) is -2.91. The number of benzene rings is 2. The molecule has 0 spiro atoms. The van der Waals surface area contributed by atoms with Gasteiger partial charge in [0.05, 0.1) is 21.6 Å². The van der Waals surface area contributed by atoms with Crippen molar-refractivity contribution in [3.8, 4) is 11.1 Å². The van der Waals surface area contributed by atoms with E-state index in [4.69, 9.17) is 4.42 Å². The van der Waals surface area contributed by atoms with Crippen molar-refractivity contribution in [2.45, 2.75) is 11.8 Å². The first kappa shape index (κ1) is 22.2. The van der Waals surface area contributed by atoms with Crippen molar-refractivity contribution in [1.82, 2.24) is 4.98 Å². The van der Waals surface area contributed by atoms with Crippen molar-refractivity contribution >= 4 is 27.2 Å². The number of amides is 2. The molecule has 33 heavy (non-hydrogen) atoms. The van der Waals surface area contributed by atoms with Gasteiger partial charge in [-0.25, -0.2) is 4.21 Å². The minimum atomic E-state index is -2.91. The van der Waals surface area contributed by atoms with Crippen molar-refractivity contribution < 1.29 is 18.2 Å². The van der Waals surface area contributed by atoms with Crippen LogP contribution in [0.4, 0.5) is 5.69 Å². The summed E-state index contributed by atoms with van der Waals surface area (Å²) >= 11 is 0. The summed E-state index contributed by atoms with van der Waals surface area (Å²) in [6.45, 7) is 1.79. The van der Waals surface area contributed by atoms with E-state index >= 15 is 0 Å².